The molecule has 0 aliphatic heterocycles. The van der Waals surface area contributed by atoms with Gasteiger partial charge >= 0.3 is 0 Å². The molecule has 0 saturated heterocycles. The Bertz CT molecular complexity index is 754. The summed E-state index contributed by atoms with van der Waals surface area (Å²) < 4.78 is 0. The van der Waals surface area contributed by atoms with Gasteiger partial charge in [-0.25, -0.2) is 0 Å². The molecule has 0 aliphatic carbocycles. The molecular formula is C25H39NO3. The summed E-state index contributed by atoms with van der Waals surface area (Å²) in [6.07, 6.45) is 11.7. The SMILES string of the molecule is CCCCCc1c(O)c(O)c(C/C=C(\C)CCC=C(C)C)c(O)c1N=CC(C)C. The van der Waals surface area contributed by atoms with Gasteiger partial charge in [-0.3, -0.25) is 4.99 Å². The van der Waals surface area contributed by atoms with Crippen LogP contribution in [0.25, 0.3) is 0 Å². The van der Waals surface area contributed by atoms with Crippen LogP contribution in [0.1, 0.15) is 84.8 Å². The summed E-state index contributed by atoms with van der Waals surface area (Å²) in [5, 5.41) is 32.1. The lowest BCUT2D eigenvalue weighted by molar-refractivity contribution is 0.386. The summed E-state index contributed by atoms with van der Waals surface area (Å²) in [7, 11) is 0. The van der Waals surface area contributed by atoms with E-state index in [2.05, 4.69) is 31.8 Å². The van der Waals surface area contributed by atoms with Gasteiger partial charge in [0.05, 0.1) is 0 Å². The quantitative estimate of drug-likeness (QED) is 0.121. The molecule has 0 saturated carbocycles. The first-order valence-electron chi connectivity index (χ1n) is 10.8. The zero-order valence-electron chi connectivity index (χ0n) is 19.0. The number of hydrogen-bond donors (Lipinski definition) is 3. The van der Waals surface area contributed by atoms with Gasteiger partial charge in [0, 0.05) is 17.3 Å². The van der Waals surface area contributed by atoms with Crippen LogP contribution in [0.3, 0.4) is 0 Å². The third kappa shape index (κ3) is 7.96. The lowest BCUT2D eigenvalue weighted by atomic mass is 9.97. The van der Waals surface area contributed by atoms with Gasteiger partial charge in [0.1, 0.15) is 11.4 Å². The van der Waals surface area contributed by atoms with Crippen LogP contribution in [0, 0.1) is 5.92 Å². The molecule has 0 spiro atoms. The zero-order valence-corrected chi connectivity index (χ0v) is 19.0. The van der Waals surface area contributed by atoms with Crippen LogP contribution in [0.15, 0.2) is 28.3 Å². The van der Waals surface area contributed by atoms with Crippen molar-refractivity contribution >= 4 is 11.9 Å². The molecule has 1 rings (SSSR count). The molecule has 0 radical (unpaired) electrons. The van der Waals surface area contributed by atoms with Crippen LogP contribution in [0.2, 0.25) is 0 Å². The van der Waals surface area contributed by atoms with Crippen molar-refractivity contribution < 1.29 is 15.3 Å². The summed E-state index contributed by atoms with van der Waals surface area (Å²) in [5.74, 6) is -0.196. The Kier molecular flexibility index (Phi) is 10.6. The van der Waals surface area contributed by atoms with E-state index >= 15 is 0 Å². The third-order valence-corrected chi connectivity index (χ3v) is 4.87. The number of rotatable bonds is 11. The highest BCUT2D eigenvalue weighted by Crippen LogP contribution is 2.48. The highest BCUT2D eigenvalue weighted by molar-refractivity contribution is 5.76. The maximum atomic E-state index is 10.9. The lowest BCUT2D eigenvalue weighted by Crippen LogP contribution is -1.96. The van der Waals surface area contributed by atoms with Crippen molar-refractivity contribution in [3.05, 3.63) is 34.4 Å². The van der Waals surface area contributed by atoms with E-state index in [1.807, 2.05) is 26.8 Å². The normalized spacial score (nSPS) is 12.2. The first-order valence-corrected chi connectivity index (χ1v) is 10.8. The summed E-state index contributed by atoms with van der Waals surface area (Å²) in [6, 6.07) is 0. The minimum absolute atomic E-state index is 0.0305. The Hall–Kier alpha value is -2.23. The van der Waals surface area contributed by atoms with Crippen LogP contribution in [-0.2, 0) is 12.8 Å². The molecule has 3 N–H and O–H groups in total. The number of nitrogens with zero attached hydrogens (tertiary/aromatic N) is 1. The summed E-state index contributed by atoms with van der Waals surface area (Å²) in [6.45, 7) is 12.3. The summed E-state index contributed by atoms with van der Waals surface area (Å²) >= 11 is 0. The van der Waals surface area contributed by atoms with Gasteiger partial charge in [0.25, 0.3) is 0 Å². The van der Waals surface area contributed by atoms with Crippen LogP contribution in [-0.4, -0.2) is 21.5 Å². The topological polar surface area (TPSA) is 73.0 Å². The predicted molar refractivity (Wildman–Crippen MR) is 124 cm³/mol. The van der Waals surface area contributed by atoms with Crippen LogP contribution >= 0.6 is 0 Å². The molecule has 1 aromatic rings. The number of phenolic OH excluding ortho intramolecular Hbond substituents is 3. The molecule has 4 heteroatoms. The molecule has 29 heavy (non-hydrogen) atoms. The molecule has 1 aromatic carbocycles. The zero-order chi connectivity index (χ0) is 22.0. The van der Waals surface area contributed by atoms with E-state index in [9.17, 15) is 15.3 Å². The monoisotopic (exact) mass is 401 g/mol. The average Bonchev–Trinajstić information content (AvgIpc) is 2.64. The second-order valence-corrected chi connectivity index (χ2v) is 8.41. The second-order valence-electron chi connectivity index (χ2n) is 8.41. The largest absolute Gasteiger partial charge is 0.505 e. The van der Waals surface area contributed by atoms with Crippen LogP contribution in [0.5, 0.6) is 17.2 Å². The van der Waals surface area contributed by atoms with E-state index in [4.69, 9.17) is 0 Å². The lowest BCUT2D eigenvalue weighted by Gasteiger charge is -2.16. The molecule has 0 aromatic heterocycles. The Morgan fingerprint density at radius 1 is 0.931 bits per heavy atom. The molecular weight excluding hydrogens is 362 g/mol. The van der Waals surface area contributed by atoms with E-state index in [1.54, 1.807) is 6.21 Å². The van der Waals surface area contributed by atoms with E-state index in [0.717, 1.165) is 32.1 Å². The Labute approximate surface area is 176 Å². The highest BCUT2D eigenvalue weighted by Gasteiger charge is 2.22. The molecule has 0 fully saturated rings. The minimum atomic E-state index is -0.231. The molecule has 0 aliphatic rings. The first-order chi connectivity index (χ1) is 13.7. The van der Waals surface area contributed by atoms with E-state index in [1.165, 1.54) is 11.1 Å². The van der Waals surface area contributed by atoms with Gasteiger partial charge in [-0.2, -0.15) is 0 Å². The maximum absolute atomic E-state index is 10.9. The standard InChI is InChI=1S/C25H39NO3/c1-7-8-9-13-20-22(26-16-18(4)5)23(27)21(25(29)24(20)28)15-14-19(6)12-10-11-17(2)3/h11,14,16,18,27-29H,7-10,12-13,15H2,1-6H3/b19-14+,26-16?. The maximum Gasteiger partial charge on any atom is 0.165 e. The average molecular weight is 402 g/mol. The van der Waals surface area contributed by atoms with Crippen molar-refractivity contribution in [3.8, 4) is 17.2 Å². The third-order valence-electron chi connectivity index (χ3n) is 4.87. The smallest absolute Gasteiger partial charge is 0.165 e. The van der Waals surface area contributed by atoms with Crippen LogP contribution < -0.4 is 0 Å². The van der Waals surface area contributed by atoms with Gasteiger partial charge in [-0.1, -0.05) is 56.9 Å². The number of allylic oxidation sites excluding steroid dienone is 4. The van der Waals surface area contributed by atoms with Gasteiger partial charge in [-0.15, -0.1) is 0 Å². The Morgan fingerprint density at radius 3 is 2.17 bits per heavy atom. The minimum Gasteiger partial charge on any atom is -0.505 e. The first kappa shape index (κ1) is 24.8. The number of benzene rings is 1. The fourth-order valence-electron chi connectivity index (χ4n) is 3.11. The second kappa shape index (κ2) is 12.4. The Balaban J connectivity index is 3.25. The van der Waals surface area contributed by atoms with Gasteiger partial charge < -0.3 is 15.3 Å². The van der Waals surface area contributed by atoms with Crippen molar-refractivity contribution in [2.45, 2.75) is 86.5 Å². The predicted octanol–water partition coefficient (Wildman–Crippen LogP) is 7.13. The van der Waals surface area contributed by atoms with Crippen molar-refractivity contribution in [1.82, 2.24) is 0 Å². The van der Waals surface area contributed by atoms with Crippen molar-refractivity contribution in [1.29, 1.82) is 0 Å². The summed E-state index contributed by atoms with van der Waals surface area (Å²) in [4.78, 5) is 4.47. The fourth-order valence-corrected chi connectivity index (χ4v) is 3.11. The van der Waals surface area contributed by atoms with E-state index in [-0.39, 0.29) is 23.2 Å². The molecule has 162 valence electrons. The molecule has 4 nitrogen and oxygen atoms in total. The fraction of sp³-hybridized carbons (Fsp3) is 0.560. The van der Waals surface area contributed by atoms with E-state index in [0.29, 0.717) is 29.7 Å². The highest BCUT2D eigenvalue weighted by atomic mass is 16.3. The Morgan fingerprint density at radius 2 is 1.59 bits per heavy atom. The molecule has 0 unspecified atom stereocenters. The number of phenols is 3. The molecule has 0 atom stereocenters. The molecule has 0 heterocycles. The summed E-state index contributed by atoms with van der Waals surface area (Å²) in [5.41, 5.74) is 3.72. The molecule has 0 bridgehead atoms. The number of unbranched alkanes of at least 4 members (excludes halogenated alkanes) is 2. The number of hydrogen-bond acceptors (Lipinski definition) is 4. The molecule has 0 amide bonds. The van der Waals surface area contributed by atoms with Gasteiger partial charge in [-0.05, 0) is 58.8 Å². The van der Waals surface area contributed by atoms with E-state index < -0.39 is 0 Å². The van der Waals surface area contributed by atoms with Crippen molar-refractivity contribution in [2.24, 2.45) is 10.9 Å². The van der Waals surface area contributed by atoms with Gasteiger partial charge in [0.15, 0.2) is 11.5 Å². The van der Waals surface area contributed by atoms with Gasteiger partial charge in [0.2, 0.25) is 0 Å². The number of aliphatic imine (C=N–C) groups is 1. The van der Waals surface area contributed by atoms with Crippen LogP contribution in [0.4, 0.5) is 5.69 Å². The van der Waals surface area contributed by atoms with Crippen molar-refractivity contribution in [3.63, 3.8) is 0 Å². The van der Waals surface area contributed by atoms with Crippen molar-refractivity contribution in [2.75, 3.05) is 0 Å². The number of aromatic hydroxyl groups is 3.